The minimum Gasteiger partial charge on any atom is -0.493 e. The standard InChI is InChI=1S/C18H17N3O4S/c1-24-16-8-6-13(11-17(16)25-2)19-20-14-10-12(18-4-3-9-26-18)5-7-15(14)21(22)23/h3-11,19-20H,1-2H3. The molecule has 0 bridgehead atoms. The third-order valence-corrected chi connectivity index (χ3v) is 4.64. The van der Waals surface area contributed by atoms with Crippen molar-refractivity contribution in [3.63, 3.8) is 0 Å². The van der Waals surface area contributed by atoms with Gasteiger partial charge in [-0.3, -0.25) is 15.5 Å². The molecular weight excluding hydrogens is 354 g/mol. The zero-order valence-corrected chi connectivity index (χ0v) is 15.0. The smallest absolute Gasteiger partial charge is 0.294 e. The van der Waals surface area contributed by atoms with Crippen LogP contribution in [0.4, 0.5) is 17.1 Å². The Kier molecular flexibility index (Phi) is 5.23. The number of thiophene rings is 1. The predicted molar refractivity (Wildman–Crippen MR) is 103 cm³/mol. The molecule has 0 atom stereocenters. The number of hydrazine groups is 1. The van der Waals surface area contributed by atoms with Crippen molar-refractivity contribution < 1.29 is 14.4 Å². The SMILES string of the molecule is COc1ccc(NNc2cc(-c3cccs3)ccc2[N+](=O)[O-])cc1OC. The quantitative estimate of drug-likeness (QED) is 0.459. The van der Waals surface area contributed by atoms with Gasteiger partial charge in [-0.25, -0.2) is 0 Å². The molecule has 8 heteroatoms. The molecule has 134 valence electrons. The van der Waals surface area contributed by atoms with E-state index in [0.29, 0.717) is 22.9 Å². The molecule has 0 amide bonds. The number of nitro groups is 1. The van der Waals surface area contributed by atoms with Crippen molar-refractivity contribution in [3.05, 3.63) is 64.0 Å². The Balaban J connectivity index is 1.86. The third-order valence-electron chi connectivity index (χ3n) is 3.72. The van der Waals surface area contributed by atoms with E-state index >= 15 is 0 Å². The molecule has 0 aliphatic rings. The molecule has 1 heterocycles. The second-order valence-electron chi connectivity index (χ2n) is 5.29. The highest BCUT2D eigenvalue weighted by molar-refractivity contribution is 7.13. The number of anilines is 2. The maximum atomic E-state index is 11.3. The summed E-state index contributed by atoms with van der Waals surface area (Å²) in [5, 5.41) is 13.3. The highest BCUT2D eigenvalue weighted by Gasteiger charge is 2.15. The molecule has 0 unspecified atom stereocenters. The van der Waals surface area contributed by atoms with Crippen LogP contribution in [0, 0.1) is 10.1 Å². The number of methoxy groups -OCH3 is 2. The van der Waals surface area contributed by atoms with Gasteiger partial charge in [0.1, 0.15) is 5.69 Å². The highest BCUT2D eigenvalue weighted by atomic mass is 32.1. The van der Waals surface area contributed by atoms with Crippen LogP contribution in [0.25, 0.3) is 10.4 Å². The third kappa shape index (κ3) is 3.70. The monoisotopic (exact) mass is 371 g/mol. The molecule has 7 nitrogen and oxygen atoms in total. The van der Waals surface area contributed by atoms with E-state index < -0.39 is 4.92 Å². The summed E-state index contributed by atoms with van der Waals surface area (Å²) in [5.41, 5.74) is 7.83. The number of benzene rings is 2. The van der Waals surface area contributed by atoms with E-state index in [-0.39, 0.29) is 5.69 Å². The van der Waals surface area contributed by atoms with E-state index in [1.807, 2.05) is 17.5 Å². The molecule has 0 radical (unpaired) electrons. The van der Waals surface area contributed by atoms with Gasteiger partial charge in [0.15, 0.2) is 11.5 Å². The molecule has 0 saturated carbocycles. The van der Waals surface area contributed by atoms with E-state index in [4.69, 9.17) is 9.47 Å². The lowest BCUT2D eigenvalue weighted by Crippen LogP contribution is -2.10. The van der Waals surface area contributed by atoms with Crippen molar-refractivity contribution in [1.82, 2.24) is 0 Å². The van der Waals surface area contributed by atoms with Crippen LogP contribution in [0.5, 0.6) is 11.5 Å². The molecule has 0 spiro atoms. The Morgan fingerprint density at radius 1 is 1.00 bits per heavy atom. The van der Waals surface area contributed by atoms with Gasteiger partial charge in [-0.2, -0.15) is 0 Å². The van der Waals surface area contributed by atoms with Gasteiger partial charge in [-0.15, -0.1) is 11.3 Å². The van der Waals surface area contributed by atoms with E-state index in [0.717, 1.165) is 10.4 Å². The van der Waals surface area contributed by atoms with Gasteiger partial charge in [0, 0.05) is 17.0 Å². The molecule has 0 saturated heterocycles. The van der Waals surface area contributed by atoms with Crippen LogP contribution in [0.2, 0.25) is 0 Å². The average molecular weight is 371 g/mol. The number of hydrogen-bond donors (Lipinski definition) is 2. The summed E-state index contributed by atoms with van der Waals surface area (Å²) in [4.78, 5) is 11.9. The largest absolute Gasteiger partial charge is 0.493 e. The molecular formula is C18H17N3O4S. The van der Waals surface area contributed by atoms with Gasteiger partial charge in [-0.1, -0.05) is 6.07 Å². The van der Waals surface area contributed by atoms with Crippen LogP contribution in [0.1, 0.15) is 0 Å². The minimum absolute atomic E-state index is 0.0155. The summed E-state index contributed by atoms with van der Waals surface area (Å²) in [7, 11) is 3.10. The van der Waals surface area contributed by atoms with Crippen LogP contribution in [-0.2, 0) is 0 Å². The maximum Gasteiger partial charge on any atom is 0.294 e. The Bertz CT molecular complexity index is 913. The fraction of sp³-hybridized carbons (Fsp3) is 0.111. The molecule has 0 aliphatic heterocycles. The molecule has 26 heavy (non-hydrogen) atoms. The summed E-state index contributed by atoms with van der Waals surface area (Å²) >= 11 is 1.57. The summed E-state index contributed by atoms with van der Waals surface area (Å²) in [6.45, 7) is 0. The summed E-state index contributed by atoms with van der Waals surface area (Å²) < 4.78 is 10.5. The number of rotatable bonds is 7. The number of nitro benzene ring substituents is 1. The predicted octanol–water partition coefficient (Wildman–Crippen LogP) is 4.78. The molecule has 1 aromatic heterocycles. The summed E-state index contributed by atoms with van der Waals surface area (Å²) in [5.74, 6) is 1.16. The maximum absolute atomic E-state index is 11.3. The first-order valence-electron chi connectivity index (χ1n) is 7.68. The van der Waals surface area contributed by atoms with Crippen LogP contribution in [0.3, 0.4) is 0 Å². The lowest BCUT2D eigenvalue weighted by atomic mass is 10.1. The fourth-order valence-corrected chi connectivity index (χ4v) is 3.17. The second kappa shape index (κ2) is 7.75. The van der Waals surface area contributed by atoms with E-state index in [1.54, 1.807) is 55.9 Å². The molecule has 3 aromatic rings. The molecule has 0 aliphatic carbocycles. The zero-order valence-electron chi connectivity index (χ0n) is 14.2. The van der Waals surface area contributed by atoms with Crippen molar-refractivity contribution in [2.24, 2.45) is 0 Å². The van der Waals surface area contributed by atoms with E-state index in [9.17, 15) is 10.1 Å². The number of hydrogen-bond acceptors (Lipinski definition) is 7. The Hall–Kier alpha value is -3.26. The normalized spacial score (nSPS) is 10.2. The molecule has 3 rings (SSSR count). The van der Waals surface area contributed by atoms with Gasteiger partial charge in [-0.05, 0) is 41.3 Å². The molecule has 0 fully saturated rings. The van der Waals surface area contributed by atoms with Crippen LogP contribution >= 0.6 is 11.3 Å². The number of nitrogens with zero attached hydrogens (tertiary/aromatic N) is 1. The van der Waals surface area contributed by atoms with Crippen molar-refractivity contribution in [2.45, 2.75) is 0 Å². The first-order valence-corrected chi connectivity index (χ1v) is 8.56. The summed E-state index contributed by atoms with van der Waals surface area (Å²) in [6.07, 6.45) is 0. The Morgan fingerprint density at radius 2 is 1.81 bits per heavy atom. The fourth-order valence-electron chi connectivity index (χ4n) is 2.44. The van der Waals surface area contributed by atoms with Crippen molar-refractivity contribution >= 4 is 28.4 Å². The van der Waals surface area contributed by atoms with Crippen molar-refractivity contribution in [2.75, 3.05) is 25.1 Å². The van der Waals surface area contributed by atoms with Crippen LogP contribution < -0.4 is 20.3 Å². The molecule has 2 aromatic carbocycles. The van der Waals surface area contributed by atoms with E-state index in [2.05, 4.69) is 10.9 Å². The lowest BCUT2D eigenvalue weighted by Gasteiger charge is -2.13. The van der Waals surface area contributed by atoms with Gasteiger partial charge >= 0.3 is 0 Å². The Labute approximate surface area is 154 Å². The first-order chi connectivity index (χ1) is 12.6. The lowest BCUT2D eigenvalue weighted by molar-refractivity contribution is -0.383. The minimum atomic E-state index is -0.420. The van der Waals surface area contributed by atoms with Gasteiger partial charge in [0.25, 0.3) is 5.69 Å². The van der Waals surface area contributed by atoms with Gasteiger partial charge < -0.3 is 14.9 Å². The number of ether oxygens (including phenoxy) is 2. The first kappa shape index (κ1) is 17.6. The topological polar surface area (TPSA) is 85.7 Å². The average Bonchev–Trinajstić information content (AvgIpc) is 3.20. The molecule has 2 N–H and O–H groups in total. The Morgan fingerprint density at radius 3 is 2.46 bits per heavy atom. The second-order valence-corrected chi connectivity index (χ2v) is 6.23. The zero-order chi connectivity index (χ0) is 18.5. The van der Waals surface area contributed by atoms with Crippen molar-refractivity contribution in [1.29, 1.82) is 0 Å². The summed E-state index contributed by atoms with van der Waals surface area (Å²) in [6, 6.07) is 14.2. The van der Waals surface area contributed by atoms with E-state index in [1.165, 1.54) is 6.07 Å². The number of nitrogens with one attached hydrogen (secondary N) is 2. The highest BCUT2D eigenvalue weighted by Crippen LogP contribution is 2.33. The van der Waals surface area contributed by atoms with Crippen LogP contribution in [0.15, 0.2) is 53.9 Å². The van der Waals surface area contributed by atoms with Gasteiger partial charge in [0.2, 0.25) is 0 Å². The van der Waals surface area contributed by atoms with Crippen LogP contribution in [-0.4, -0.2) is 19.1 Å². The van der Waals surface area contributed by atoms with Gasteiger partial charge in [0.05, 0.1) is 24.8 Å². The van der Waals surface area contributed by atoms with Crippen molar-refractivity contribution in [3.8, 4) is 21.9 Å².